The van der Waals surface area contributed by atoms with Crippen LogP contribution in [0.4, 0.5) is 10.1 Å². The van der Waals surface area contributed by atoms with Crippen molar-refractivity contribution in [3.63, 3.8) is 0 Å². The van der Waals surface area contributed by atoms with Gasteiger partial charge in [0.05, 0.1) is 11.4 Å². The quantitative estimate of drug-likeness (QED) is 0.823. The maximum Gasteiger partial charge on any atom is 0.234 e. The lowest BCUT2D eigenvalue weighted by atomic mass is 10.3. The number of rotatable bonds is 5. The molecule has 1 aromatic rings. The number of piperazine rings is 1. The second-order valence-corrected chi connectivity index (χ2v) is 7.33. The zero-order valence-corrected chi connectivity index (χ0v) is 13.3. The highest BCUT2D eigenvalue weighted by Gasteiger charge is 2.16. The Bertz CT molecular complexity index is 562. The molecule has 1 saturated heterocycles. The fourth-order valence-electron chi connectivity index (χ4n) is 1.98. The third kappa shape index (κ3) is 4.69. The molecular formula is C12H17BrFN3O2S. The van der Waals surface area contributed by atoms with E-state index in [0.717, 1.165) is 32.2 Å². The van der Waals surface area contributed by atoms with Crippen molar-refractivity contribution >= 4 is 31.6 Å². The maximum absolute atomic E-state index is 13.1. The number of nitrogens with one attached hydrogen (secondary N) is 2. The van der Waals surface area contributed by atoms with Crippen molar-refractivity contribution in [2.45, 2.75) is 0 Å². The van der Waals surface area contributed by atoms with Gasteiger partial charge in [-0.1, -0.05) is 0 Å². The largest absolute Gasteiger partial charge is 0.314 e. The number of hydrogen-bond donors (Lipinski definition) is 2. The van der Waals surface area contributed by atoms with Crippen LogP contribution in [0, 0.1) is 5.82 Å². The molecule has 2 N–H and O–H groups in total. The summed E-state index contributed by atoms with van der Waals surface area (Å²) in [5, 5.41) is 3.21. The predicted octanol–water partition coefficient (Wildman–Crippen LogP) is 1.24. The lowest BCUT2D eigenvalue weighted by molar-refractivity contribution is 0.254. The molecule has 1 aliphatic heterocycles. The van der Waals surface area contributed by atoms with Gasteiger partial charge in [-0.15, -0.1) is 0 Å². The van der Waals surface area contributed by atoms with Gasteiger partial charge in [-0.3, -0.25) is 9.62 Å². The van der Waals surface area contributed by atoms with Gasteiger partial charge >= 0.3 is 0 Å². The van der Waals surface area contributed by atoms with Gasteiger partial charge < -0.3 is 5.32 Å². The molecule has 8 heteroatoms. The van der Waals surface area contributed by atoms with E-state index >= 15 is 0 Å². The molecule has 0 unspecified atom stereocenters. The third-order valence-corrected chi connectivity index (χ3v) is 5.02. The summed E-state index contributed by atoms with van der Waals surface area (Å²) in [6, 6.07) is 3.90. The Labute approximate surface area is 126 Å². The monoisotopic (exact) mass is 365 g/mol. The fourth-order valence-corrected chi connectivity index (χ4v) is 3.56. The standard InChI is InChI=1S/C12H17BrFN3O2S/c13-11-2-1-10(14)9-12(11)16-20(18,19)8-7-17-5-3-15-4-6-17/h1-2,9,15-16H,3-8H2. The average molecular weight is 366 g/mol. The summed E-state index contributed by atoms with van der Waals surface area (Å²) < 4.78 is 40.1. The first-order valence-electron chi connectivity index (χ1n) is 6.35. The van der Waals surface area contributed by atoms with E-state index in [1.165, 1.54) is 12.1 Å². The summed E-state index contributed by atoms with van der Waals surface area (Å²) in [7, 11) is -3.48. The van der Waals surface area contributed by atoms with Crippen molar-refractivity contribution in [2.24, 2.45) is 0 Å². The van der Waals surface area contributed by atoms with Gasteiger partial charge in [0.2, 0.25) is 10.0 Å². The summed E-state index contributed by atoms with van der Waals surface area (Å²) in [5.41, 5.74) is 0.227. The SMILES string of the molecule is O=S(=O)(CCN1CCNCC1)Nc1cc(F)ccc1Br. The molecule has 2 rings (SSSR count). The van der Waals surface area contributed by atoms with E-state index in [1.54, 1.807) is 0 Å². The van der Waals surface area contributed by atoms with E-state index in [9.17, 15) is 12.8 Å². The molecule has 0 aliphatic carbocycles. The van der Waals surface area contributed by atoms with E-state index < -0.39 is 15.8 Å². The van der Waals surface area contributed by atoms with Crippen LogP contribution in [0.25, 0.3) is 0 Å². The summed E-state index contributed by atoms with van der Waals surface area (Å²) in [4.78, 5) is 2.09. The molecule has 0 aromatic heterocycles. The Hall–Kier alpha value is -0.700. The van der Waals surface area contributed by atoms with Crippen LogP contribution in [0.1, 0.15) is 0 Å². The molecule has 0 radical (unpaired) electrons. The summed E-state index contributed by atoms with van der Waals surface area (Å²) in [5.74, 6) is -0.483. The molecule has 1 aliphatic rings. The van der Waals surface area contributed by atoms with Crippen LogP contribution < -0.4 is 10.0 Å². The summed E-state index contributed by atoms with van der Waals surface area (Å²) in [6.45, 7) is 3.92. The molecule has 20 heavy (non-hydrogen) atoms. The van der Waals surface area contributed by atoms with Gasteiger partial charge in [-0.2, -0.15) is 0 Å². The van der Waals surface area contributed by atoms with Crippen LogP contribution in [0.15, 0.2) is 22.7 Å². The Morgan fingerprint density at radius 1 is 1.35 bits per heavy atom. The number of nitrogens with zero attached hydrogens (tertiary/aromatic N) is 1. The predicted molar refractivity (Wildman–Crippen MR) is 80.8 cm³/mol. The van der Waals surface area contributed by atoms with Crippen LogP contribution in [0.3, 0.4) is 0 Å². The first-order valence-corrected chi connectivity index (χ1v) is 8.79. The molecule has 0 bridgehead atoms. The summed E-state index contributed by atoms with van der Waals surface area (Å²) >= 11 is 3.20. The zero-order chi connectivity index (χ0) is 14.6. The molecule has 5 nitrogen and oxygen atoms in total. The van der Waals surface area contributed by atoms with E-state index in [1.807, 2.05) is 0 Å². The molecule has 1 fully saturated rings. The van der Waals surface area contributed by atoms with Gasteiger partial charge in [-0.25, -0.2) is 12.8 Å². The van der Waals surface area contributed by atoms with Crippen LogP contribution in [-0.4, -0.2) is 51.8 Å². The number of anilines is 1. The second kappa shape index (κ2) is 6.84. The van der Waals surface area contributed by atoms with Gasteiger partial charge in [0.15, 0.2) is 0 Å². The van der Waals surface area contributed by atoms with Crippen LogP contribution in [0.5, 0.6) is 0 Å². The lowest BCUT2D eigenvalue weighted by Crippen LogP contribution is -2.45. The zero-order valence-electron chi connectivity index (χ0n) is 10.9. The third-order valence-electron chi connectivity index (χ3n) is 3.08. The van der Waals surface area contributed by atoms with Gasteiger partial charge in [0.25, 0.3) is 0 Å². The highest BCUT2D eigenvalue weighted by Crippen LogP contribution is 2.24. The van der Waals surface area contributed by atoms with Crippen LogP contribution in [-0.2, 0) is 10.0 Å². The van der Waals surface area contributed by atoms with Crippen molar-refractivity contribution in [3.8, 4) is 0 Å². The smallest absolute Gasteiger partial charge is 0.234 e. The number of hydrogen-bond acceptors (Lipinski definition) is 4. The molecule has 1 heterocycles. The highest BCUT2D eigenvalue weighted by molar-refractivity contribution is 9.10. The molecule has 0 amide bonds. The van der Waals surface area contributed by atoms with E-state index in [0.29, 0.717) is 11.0 Å². The minimum absolute atomic E-state index is 0.00401. The topological polar surface area (TPSA) is 61.4 Å². The first kappa shape index (κ1) is 15.7. The van der Waals surface area contributed by atoms with E-state index in [-0.39, 0.29) is 11.4 Å². The van der Waals surface area contributed by atoms with Crippen molar-refractivity contribution in [2.75, 3.05) is 43.2 Å². The molecule has 1 aromatic carbocycles. The van der Waals surface area contributed by atoms with E-state index in [2.05, 4.69) is 30.9 Å². The van der Waals surface area contributed by atoms with Gasteiger partial charge in [-0.05, 0) is 34.1 Å². The molecular weight excluding hydrogens is 349 g/mol. The Kier molecular flexibility index (Phi) is 5.36. The number of benzene rings is 1. The van der Waals surface area contributed by atoms with Gasteiger partial charge in [0.1, 0.15) is 5.82 Å². The minimum atomic E-state index is -3.48. The molecule has 0 saturated carbocycles. The average Bonchev–Trinajstić information content (AvgIpc) is 2.42. The van der Waals surface area contributed by atoms with Crippen LogP contribution in [0.2, 0.25) is 0 Å². The van der Waals surface area contributed by atoms with Gasteiger partial charge in [0, 0.05) is 37.2 Å². The van der Waals surface area contributed by atoms with Crippen molar-refractivity contribution in [3.05, 3.63) is 28.5 Å². The highest BCUT2D eigenvalue weighted by atomic mass is 79.9. The maximum atomic E-state index is 13.1. The molecule has 0 atom stereocenters. The summed E-state index contributed by atoms with van der Waals surface area (Å²) in [6.07, 6.45) is 0. The molecule has 112 valence electrons. The number of sulfonamides is 1. The van der Waals surface area contributed by atoms with Crippen LogP contribution >= 0.6 is 15.9 Å². The Morgan fingerprint density at radius 3 is 2.75 bits per heavy atom. The Balaban J connectivity index is 1.94. The first-order chi connectivity index (χ1) is 9.46. The normalized spacial score (nSPS) is 17.1. The minimum Gasteiger partial charge on any atom is -0.314 e. The second-order valence-electron chi connectivity index (χ2n) is 4.64. The lowest BCUT2D eigenvalue weighted by Gasteiger charge is -2.26. The Morgan fingerprint density at radius 2 is 2.05 bits per heavy atom. The molecule has 0 spiro atoms. The van der Waals surface area contributed by atoms with Crippen molar-refractivity contribution in [1.29, 1.82) is 0 Å². The van der Waals surface area contributed by atoms with Crippen molar-refractivity contribution in [1.82, 2.24) is 10.2 Å². The fraction of sp³-hybridized carbons (Fsp3) is 0.500. The van der Waals surface area contributed by atoms with Crippen molar-refractivity contribution < 1.29 is 12.8 Å². The number of halogens is 2. The van der Waals surface area contributed by atoms with E-state index in [4.69, 9.17) is 0 Å².